The molecule has 0 aliphatic heterocycles. The highest BCUT2D eigenvalue weighted by Crippen LogP contribution is 2.19. The number of rotatable bonds is 5. The van der Waals surface area contributed by atoms with Gasteiger partial charge < -0.3 is 5.32 Å². The predicted octanol–water partition coefficient (Wildman–Crippen LogP) is 1.01. The monoisotopic (exact) mass is 295 g/mol. The van der Waals surface area contributed by atoms with E-state index in [0.717, 1.165) is 5.56 Å². The Kier molecular flexibility index (Phi) is 4.15. The molecule has 0 saturated heterocycles. The lowest BCUT2D eigenvalue weighted by molar-refractivity contribution is 0.476. The number of nitrogens with zero attached hydrogens (tertiary/aromatic N) is 3. The Morgan fingerprint density at radius 3 is 2.30 bits per heavy atom. The van der Waals surface area contributed by atoms with Gasteiger partial charge in [-0.1, -0.05) is 17.3 Å². The Balaban J connectivity index is 2.08. The first-order chi connectivity index (χ1) is 9.38. The normalized spacial score (nSPS) is 14.9. The van der Waals surface area contributed by atoms with Crippen molar-refractivity contribution in [2.45, 2.75) is 30.8 Å². The van der Waals surface area contributed by atoms with Crippen molar-refractivity contribution in [3.8, 4) is 0 Å². The smallest absolute Gasteiger partial charge is 0.191 e. The molecule has 1 heterocycles. The standard InChI is InChI=1S/C12H17N5O2S/c1-8(13-9(2)12-14-16-17-15-12)10-4-6-11(7-5-10)20(3,18)19/h4-9,13H,1-3H3,(H,14,15,16,17). The van der Waals surface area contributed by atoms with Crippen LogP contribution in [0.1, 0.15) is 37.3 Å². The molecule has 1 aromatic carbocycles. The van der Waals surface area contributed by atoms with E-state index in [1.165, 1.54) is 6.26 Å². The molecule has 2 atom stereocenters. The van der Waals surface area contributed by atoms with Crippen LogP contribution in [0.25, 0.3) is 0 Å². The van der Waals surface area contributed by atoms with Crippen molar-refractivity contribution < 1.29 is 8.42 Å². The van der Waals surface area contributed by atoms with Crippen molar-refractivity contribution >= 4 is 9.84 Å². The van der Waals surface area contributed by atoms with Crippen LogP contribution in [0.2, 0.25) is 0 Å². The number of benzene rings is 1. The van der Waals surface area contributed by atoms with Crippen LogP contribution in [-0.4, -0.2) is 35.3 Å². The molecule has 7 nitrogen and oxygen atoms in total. The second-order valence-corrected chi connectivity index (χ2v) is 6.74. The summed E-state index contributed by atoms with van der Waals surface area (Å²) in [7, 11) is -3.16. The van der Waals surface area contributed by atoms with Gasteiger partial charge in [-0.3, -0.25) is 0 Å². The lowest BCUT2D eigenvalue weighted by Crippen LogP contribution is -2.23. The van der Waals surface area contributed by atoms with Gasteiger partial charge in [0.2, 0.25) is 0 Å². The first-order valence-electron chi connectivity index (χ1n) is 6.17. The minimum atomic E-state index is -3.16. The molecule has 0 bridgehead atoms. The molecule has 2 N–H and O–H groups in total. The molecule has 0 radical (unpaired) electrons. The quantitative estimate of drug-likeness (QED) is 0.854. The SMILES string of the molecule is CC(NC(C)c1nn[nH]n1)c1ccc(S(C)(=O)=O)cc1. The van der Waals surface area contributed by atoms with Gasteiger partial charge in [-0.25, -0.2) is 8.42 Å². The number of aromatic amines is 1. The van der Waals surface area contributed by atoms with E-state index < -0.39 is 9.84 Å². The van der Waals surface area contributed by atoms with Gasteiger partial charge in [0.05, 0.1) is 10.9 Å². The van der Waals surface area contributed by atoms with Gasteiger partial charge in [0.15, 0.2) is 15.7 Å². The van der Waals surface area contributed by atoms with Crippen LogP contribution >= 0.6 is 0 Å². The molecule has 0 saturated carbocycles. The van der Waals surface area contributed by atoms with Gasteiger partial charge in [-0.05, 0) is 31.5 Å². The van der Waals surface area contributed by atoms with Crippen LogP contribution < -0.4 is 5.32 Å². The number of nitrogens with one attached hydrogen (secondary N) is 2. The molecular weight excluding hydrogens is 278 g/mol. The Morgan fingerprint density at radius 1 is 1.15 bits per heavy atom. The fraction of sp³-hybridized carbons (Fsp3) is 0.417. The highest BCUT2D eigenvalue weighted by atomic mass is 32.2. The maximum Gasteiger partial charge on any atom is 0.191 e. The number of H-pyrrole nitrogens is 1. The van der Waals surface area contributed by atoms with Gasteiger partial charge in [0.1, 0.15) is 0 Å². The Labute approximate surface area is 117 Å². The zero-order chi connectivity index (χ0) is 14.8. The second kappa shape index (κ2) is 5.68. The molecule has 0 spiro atoms. The summed E-state index contributed by atoms with van der Waals surface area (Å²) < 4.78 is 22.8. The molecular formula is C12H17N5O2S. The average Bonchev–Trinajstić information content (AvgIpc) is 2.91. The fourth-order valence-corrected chi connectivity index (χ4v) is 2.53. The predicted molar refractivity (Wildman–Crippen MR) is 73.7 cm³/mol. The Hall–Kier alpha value is -1.80. The lowest BCUT2D eigenvalue weighted by atomic mass is 10.1. The van der Waals surface area contributed by atoms with Gasteiger partial charge in [-0.2, -0.15) is 5.21 Å². The zero-order valence-corrected chi connectivity index (χ0v) is 12.3. The number of hydrogen-bond donors (Lipinski definition) is 2. The molecule has 2 rings (SSSR count). The summed E-state index contributed by atoms with van der Waals surface area (Å²) in [5.74, 6) is 0.588. The average molecular weight is 295 g/mol. The molecule has 0 fully saturated rings. The molecule has 2 aromatic rings. The largest absolute Gasteiger partial charge is 0.301 e. The van der Waals surface area contributed by atoms with Crippen LogP contribution in [-0.2, 0) is 9.84 Å². The van der Waals surface area contributed by atoms with E-state index in [1.807, 2.05) is 13.8 Å². The van der Waals surface area contributed by atoms with Crippen LogP contribution in [0.5, 0.6) is 0 Å². The first kappa shape index (κ1) is 14.6. The third-order valence-corrected chi connectivity index (χ3v) is 4.19. The Morgan fingerprint density at radius 2 is 1.80 bits per heavy atom. The van der Waals surface area contributed by atoms with E-state index >= 15 is 0 Å². The van der Waals surface area contributed by atoms with Crippen molar-refractivity contribution in [1.82, 2.24) is 25.9 Å². The van der Waals surface area contributed by atoms with Gasteiger partial charge in [-0.15, -0.1) is 10.2 Å². The summed E-state index contributed by atoms with van der Waals surface area (Å²) in [6, 6.07) is 6.81. The van der Waals surface area contributed by atoms with E-state index in [-0.39, 0.29) is 12.1 Å². The molecule has 2 unspecified atom stereocenters. The molecule has 8 heteroatoms. The van der Waals surface area contributed by atoms with Crippen LogP contribution in [0, 0.1) is 0 Å². The summed E-state index contributed by atoms with van der Waals surface area (Å²) in [6.07, 6.45) is 1.20. The van der Waals surface area contributed by atoms with Gasteiger partial charge in [0.25, 0.3) is 0 Å². The maximum absolute atomic E-state index is 11.4. The maximum atomic E-state index is 11.4. The number of hydrogen-bond acceptors (Lipinski definition) is 6. The first-order valence-corrected chi connectivity index (χ1v) is 8.06. The highest BCUT2D eigenvalue weighted by molar-refractivity contribution is 7.90. The second-order valence-electron chi connectivity index (χ2n) is 4.72. The molecule has 20 heavy (non-hydrogen) atoms. The molecule has 0 aliphatic carbocycles. The highest BCUT2D eigenvalue weighted by Gasteiger charge is 2.15. The lowest BCUT2D eigenvalue weighted by Gasteiger charge is -2.18. The van der Waals surface area contributed by atoms with Crippen molar-refractivity contribution in [2.75, 3.05) is 6.26 Å². The molecule has 108 valence electrons. The third-order valence-electron chi connectivity index (χ3n) is 3.06. The minimum absolute atomic E-state index is 0.0390. The third kappa shape index (κ3) is 3.40. The van der Waals surface area contributed by atoms with E-state index in [9.17, 15) is 8.42 Å². The van der Waals surface area contributed by atoms with Crippen LogP contribution in [0.3, 0.4) is 0 Å². The number of tetrazole rings is 1. The van der Waals surface area contributed by atoms with E-state index in [0.29, 0.717) is 10.7 Å². The fourth-order valence-electron chi connectivity index (χ4n) is 1.90. The summed E-state index contributed by atoms with van der Waals surface area (Å²) >= 11 is 0. The summed E-state index contributed by atoms with van der Waals surface area (Å²) in [5, 5.41) is 17.1. The summed E-state index contributed by atoms with van der Waals surface area (Å²) in [6.45, 7) is 3.93. The van der Waals surface area contributed by atoms with Crippen molar-refractivity contribution in [2.24, 2.45) is 0 Å². The van der Waals surface area contributed by atoms with Crippen molar-refractivity contribution in [1.29, 1.82) is 0 Å². The number of aromatic nitrogens is 4. The topological polar surface area (TPSA) is 101 Å². The van der Waals surface area contributed by atoms with E-state index in [1.54, 1.807) is 24.3 Å². The van der Waals surface area contributed by atoms with E-state index in [4.69, 9.17) is 0 Å². The van der Waals surface area contributed by atoms with E-state index in [2.05, 4.69) is 25.9 Å². The van der Waals surface area contributed by atoms with Gasteiger partial charge in [0, 0.05) is 12.3 Å². The summed E-state index contributed by atoms with van der Waals surface area (Å²) in [4.78, 5) is 0.319. The molecule has 0 aliphatic rings. The number of sulfone groups is 1. The Bertz CT molecular complexity index is 652. The zero-order valence-electron chi connectivity index (χ0n) is 11.5. The van der Waals surface area contributed by atoms with Crippen LogP contribution in [0.4, 0.5) is 0 Å². The minimum Gasteiger partial charge on any atom is -0.301 e. The molecule has 1 aromatic heterocycles. The van der Waals surface area contributed by atoms with Crippen LogP contribution in [0.15, 0.2) is 29.2 Å². The van der Waals surface area contributed by atoms with Crippen molar-refractivity contribution in [3.63, 3.8) is 0 Å². The summed E-state index contributed by atoms with van der Waals surface area (Å²) in [5.41, 5.74) is 0.993. The van der Waals surface area contributed by atoms with Gasteiger partial charge >= 0.3 is 0 Å². The van der Waals surface area contributed by atoms with Crippen molar-refractivity contribution in [3.05, 3.63) is 35.7 Å². The molecule has 0 amide bonds.